The van der Waals surface area contributed by atoms with E-state index in [4.69, 9.17) is 0 Å². The summed E-state index contributed by atoms with van der Waals surface area (Å²) in [5, 5.41) is 3.11. The molecule has 116 valence electrons. The van der Waals surface area contributed by atoms with Crippen LogP contribution in [0.2, 0.25) is 0 Å². The molecule has 0 radical (unpaired) electrons. The van der Waals surface area contributed by atoms with E-state index in [1.807, 2.05) is 6.92 Å². The highest BCUT2D eigenvalue weighted by atomic mass is 16.2. The number of benzene rings is 1. The van der Waals surface area contributed by atoms with Gasteiger partial charge in [0.05, 0.1) is 10.9 Å². The van der Waals surface area contributed by atoms with E-state index in [2.05, 4.69) is 5.32 Å². The summed E-state index contributed by atoms with van der Waals surface area (Å²) in [5.41, 5.74) is 0.449. The zero-order chi connectivity index (χ0) is 16.3. The first-order valence-corrected chi connectivity index (χ1v) is 7.24. The summed E-state index contributed by atoms with van der Waals surface area (Å²) < 4.78 is 2.75. The molecule has 0 saturated heterocycles. The van der Waals surface area contributed by atoms with Crippen LogP contribution in [0.1, 0.15) is 20.8 Å². The number of rotatable bonds is 4. The van der Waals surface area contributed by atoms with Crippen molar-refractivity contribution in [2.75, 3.05) is 5.32 Å². The third-order valence-corrected chi connectivity index (χ3v) is 3.44. The summed E-state index contributed by atoms with van der Waals surface area (Å²) in [6, 6.07) is 4.98. The smallest absolute Gasteiger partial charge is 0.322 e. The molecule has 1 aromatic heterocycles. The zero-order valence-corrected chi connectivity index (χ0v) is 12.9. The Bertz CT molecular complexity index is 859. The normalized spacial score (nSPS) is 11.2. The van der Waals surface area contributed by atoms with Crippen molar-refractivity contribution in [3.05, 3.63) is 51.2 Å². The lowest BCUT2D eigenvalue weighted by molar-refractivity contribution is -0.111. The summed E-state index contributed by atoms with van der Waals surface area (Å²) in [4.78, 5) is 36.3. The van der Waals surface area contributed by atoms with Crippen LogP contribution in [0.3, 0.4) is 0 Å². The average molecular weight is 301 g/mol. The average Bonchev–Trinajstić information content (AvgIpc) is 2.49. The minimum Gasteiger partial charge on any atom is -0.322 e. The number of carbonyl (C=O) groups excluding carboxylic acids is 1. The molecule has 0 aliphatic carbocycles. The minimum absolute atomic E-state index is 0.263. The van der Waals surface area contributed by atoms with Gasteiger partial charge in [-0.1, -0.05) is 6.08 Å². The third kappa shape index (κ3) is 2.72. The Labute approximate surface area is 127 Å². The molecule has 0 atom stereocenters. The second kappa shape index (κ2) is 6.43. The van der Waals surface area contributed by atoms with Crippen molar-refractivity contribution in [2.24, 2.45) is 0 Å². The van der Waals surface area contributed by atoms with E-state index in [1.165, 1.54) is 10.6 Å². The highest BCUT2D eigenvalue weighted by Crippen LogP contribution is 2.15. The van der Waals surface area contributed by atoms with Gasteiger partial charge in [0.15, 0.2) is 0 Å². The Morgan fingerprint density at radius 3 is 2.45 bits per heavy atom. The largest absolute Gasteiger partial charge is 0.331 e. The van der Waals surface area contributed by atoms with Crippen LogP contribution < -0.4 is 16.6 Å². The Hall–Kier alpha value is -2.63. The third-order valence-electron chi connectivity index (χ3n) is 3.44. The SMILES string of the molecule is C/C=C/C(=O)Nc1ccc2c(c1)c(=O)n(CC)c(=O)n2CC. The number of anilines is 1. The number of hydrogen-bond acceptors (Lipinski definition) is 3. The van der Waals surface area contributed by atoms with E-state index in [0.29, 0.717) is 29.7 Å². The van der Waals surface area contributed by atoms with Crippen LogP contribution in [-0.2, 0) is 17.9 Å². The maximum absolute atomic E-state index is 12.4. The molecule has 0 aliphatic rings. The Morgan fingerprint density at radius 1 is 1.18 bits per heavy atom. The molecule has 1 heterocycles. The number of carbonyl (C=O) groups is 1. The molecule has 2 rings (SSSR count). The summed E-state index contributed by atoms with van der Waals surface area (Å²) in [7, 11) is 0. The van der Waals surface area contributed by atoms with Crippen LogP contribution in [0, 0.1) is 0 Å². The van der Waals surface area contributed by atoms with Crippen molar-refractivity contribution in [3.63, 3.8) is 0 Å². The topological polar surface area (TPSA) is 73.1 Å². The van der Waals surface area contributed by atoms with E-state index < -0.39 is 0 Å². The molecule has 1 N–H and O–H groups in total. The van der Waals surface area contributed by atoms with Gasteiger partial charge in [0.2, 0.25) is 5.91 Å². The summed E-state index contributed by atoms with van der Waals surface area (Å²) in [6.07, 6.45) is 3.04. The standard InChI is InChI=1S/C16H19N3O3/c1-4-7-14(20)17-11-8-9-13-12(10-11)15(21)19(6-3)16(22)18(13)5-2/h4,7-10H,5-6H2,1-3H3,(H,17,20)/b7-4+. The number of nitrogens with zero attached hydrogens (tertiary/aromatic N) is 2. The van der Waals surface area contributed by atoms with Gasteiger partial charge in [0.1, 0.15) is 0 Å². The number of aryl methyl sites for hydroxylation is 1. The molecular formula is C16H19N3O3. The highest BCUT2D eigenvalue weighted by molar-refractivity contribution is 6.00. The number of fused-ring (bicyclic) bond motifs is 1. The van der Waals surface area contributed by atoms with Crippen molar-refractivity contribution >= 4 is 22.5 Å². The molecule has 2 aromatic rings. The summed E-state index contributed by atoms with van der Waals surface area (Å²) >= 11 is 0. The molecule has 6 nitrogen and oxygen atoms in total. The quantitative estimate of drug-likeness (QED) is 0.874. The molecule has 6 heteroatoms. The van der Waals surface area contributed by atoms with Gasteiger partial charge >= 0.3 is 5.69 Å². The van der Waals surface area contributed by atoms with Gasteiger partial charge in [-0.3, -0.25) is 18.7 Å². The first-order valence-electron chi connectivity index (χ1n) is 7.24. The summed E-state index contributed by atoms with van der Waals surface area (Å²) in [5.74, 6) is -0.263. The monoisotopic (exact) mass is 301 g/mol. The lowest BCUT2D eigenvalue weighted by atomic mass is 10.2. The Kier molecular flexibility index (Phi) is 4.60. The predicted molar refractivity (Wildman–Crippen MR) is 87.3 cm³/mol. The molecule has 0 bridgehead atoms. The van der Waals surface area contributed by atoms with E-state index >= 15 is 0 Å². The van der Waals surface area contributed by atoms with Gasteiger partial charge in [-0.2, -0.15) is 0 Å². The maximum Gasteiger partial charge on any atom is 0.331 e. The van der Waals surface area contributed by atoms with Crippen molar-refractivity contribution in [2.45, 2.75) is 33.9 Å². The van der Waals surface area contributed by atoms with Crippen LogP contribution in [0.5, 0.6) is 0 Å². The molecule has 22 heavy (non-hydrogen) atoms. The molecular weight excluding hydrogens is 282 g/mol. The van der Waals surface area contributed by atoms with Crippen LogP contribution in [0.25, 0.3) is 10.9 Å². The first kappa shape index (κ1) is 15.8. The van der Waals surface area contributed by atoms with Gasteiger partial charge in [-0.05, 0) is 45.0 Å². The van der Waals surface area contributed by atoms with E-state index in [1.54, 1.807) is 42.7 Å². The van der Waals surface area contributed by atoms with Gasteiger partial charge in [0.25, 0.3) is 5.56 Å². The molecule has 1 amide bonds. The fraction of sp³-hybridized carbons (Fsp3) is 0.312. The molecule has 0 saturated carbocycles. The first-order chi connectivity index (χ1) is 10.5. The van der Waals surface area contributed by atoms with Crippen LogP contribution in [-0.4, -0.2) is 15.0 Å². The maximum atomic E-state index is 12.4. The number of nitrogens with one attached hydrogen (secondary N) is 1. The van der Waals surface area contributed by atoms with Crippen molar-refractivity contribution in [1.82, 2.24) is 9.13 Å². The number of allylic oxidation sites excluding steroid dienone is 1. The number of hydrogen-bond donors (Lipinski definition) is 1. The Morgan fingerprint density at radius 2 is 1.86 bits per heavy atom. The van der Waals surface area contributed by atoms with Gasteiger partial charge in [-0.25, -0.2) is 4.79 Å². The van der Waals surface area contributed by atoms with Crippen molar-refractivity contribution < 1.29 is 4.79 Å². The predicted octanol–water partition coefficient (Wildman–Crippen LogP) is 1.72. The van der Waals surface area contributed by atoms with Crippen LogP contribution in [0.15, 0.2) is 39.9 Å². The van der Waals surface area contributed by atoms with Gasteiger partial charge in [0, 0.05) is 18.8 Å². The van der Waals surface area contributed by atoms with Crippen LogP contribution in [0.4, 0.5) is 5.69 Å². The molecule has 1 aromatic carbocycles. The fourth-order valence-electron chi connectivity index (χ4n) is 2.42. The highest BCUT2D eigenvalue weighted by Gasteiger charge is 2.12. The van der Waals surface area contributed by atoms with Crippen LogP contribution >= 0.6 is 0 Å². The Balaban J connectivity index is 2.69. The fourth-order valence-corrected chi connectivity index (χ4v) is 2.42. The van der Waals surface area contributed by atoms with E-state index in [9.17, 15) is 14.4 Å². The second-order valence-corrected chi connectivity index (χ2v) is 4.80. The number of aromatic nitrogens is 2. The lowest BCUT2D eigenvalue weighted by Crippen LogP contribution is -2.39. The van der Waals surface area contributed by atoms with Gasteiger partial charge in [-0.15, -0.1) is 0 Å². The molecule has 0 unspecified atom stereocenters. The van der Waals surface area contributed by atoms with Crippen molar-refractivity contribution in [1.29, 1.82) is 0 Å². The van der Waals surface area contributed by atoms with E-state index in [0.717, 1.165) is 0 Å². The number of amides is 1. The molecule has 0 spiro atoms. The lowest BCUT2D eigenvalue weighted by Gasteiger charge is -2.12. The molecule has 0 fully saturated rings. The minimum atomic E-state index is -0.339. The molecule has 0 aliphatic heterocycles. The van der Waals surface area contributed by atoms with Gasteiger partial charge < -0.3 is 5.32 Å². The zero-order valence-electron chi connectivity index (χ0n) is 12.9. The second-order valence-electron chi connectivity index (χ2n) is 4.80. The van der Waals surface area contributed by atoms with E-state index in [-0.39, 0.29) is 17.2 Å². The van der Waals surface area contributed by atoms with Crippen molar-refractivity contribution in [3.8, 4) is 0 Å². The summed E-state index contributed by atoms with van der Waals surface area (Å²) in [6.45, 7) is 6.14.